The van der Waals surface area contributed by atoms with Crippen molar-refractivity contribution < 1.29 is 9.59 Å². The second-order valence-electron chi connectivity index (χ2n) is 8.22. The molecular weight excluding hydrogens is 400 g/mol. The molecule has 0 aromatic heterocycles. The van der Waals surface area contributed by atoms with Crippen molar-refractivity contribution in [1.29, 1.82) is 0 Å². The lowest BCUT2D eigenvalue weighted by Crippen LogP contribution is -2.50. The Kier molecular flexibility index (Phi) is 4.82. The van der Waals surface area contributed by atoms with E-state index in [0.29, 0.717) is 24.2 Å². The summed E-state index contributed by atoms with van der Waals surface area (Å²) in [5.74, 6) is 0.115. The lowest BCUT2D eigenvalue weighted by atomic mass is 10.0. The van der Waals surface area contributed by atoms with E-state index in [0.717, 1.165) is 48.9 Å². The zero-order valence-electron chi connectivity index (χ0n) is 17.1. The summed E-state index contributed by atoms with van der Waals surface area (Å²) in [7, 11) is 2.02. The summed E-state index contributed by atoms with van der Waals surface area (Å²) >= 11 is 5.98. The number of anilines is 2. The molecular formula is C23H25ClN4O2. The summed E-state index contributed by atoms with van der Waals surface area (Å²) < 4.78 is 0. The first kappa shape index (κ1) is 19.2. The fourth-order valence-electron chi connectivity index (χ4n) is 4.84. The Morgan fingerprint density at radius 1 is 1.00 bits per heavy atom. The van der Waals surface area contributed by atoms with Gasteiger partial charge in [-0.05, 0) is 55.3 Å². The lowest BCUT2D eigenvalue weighted by Gasteiger charge is -2.40. The molecule has 1 atom stereocenters. The van der Waals surface area contributed by atoms with Crippen LogP contribution in [-0.2, 0) is 0 Å². The molecule has 0 spiro atoms. The Hall–Kier alpha value is -2.73. The van der Waals surface area contributed by atoms with Crippen LogP contribution in [0.4, 0.5) is 11.4 Å². The molecule has 6 nitrogen and oxygen atoms in total. The first-order chi connectivity index (χ1) is 14.5. The quantitative estimate of drug-likeness (QED) is 0.742. The van der Waals surface area contributed by atoms with Gasteiger partial charge in [-0.2, -0.15) is 0 Å². The fourth-order valence-corrected chi connectivity index (χ4v) is 4.97. The van der Waals surface area contributed by atoms with E-state index < -0.39 is 0 Å². The Bertz CT molecular complexity index is 985. The van der Waals surface area contributed by atoms with Gasteiger partial charge >= 0.3 is 0 Å². The third kappa shape index (κ3) is 3.19. The number of carbonyl (C=O) groups is 2. The SMILES string of the molecule is CN1c2cc(C(=O)N3CCN(c4ccc(Cl)cc4)CC3)ccc2C(=O)N2CCCC21. The minimum absolute atomic E-state index is 0.0308. The van der Waals surface area contributed by atoms with Crippen molar-refractivity contribution in [3.05, 3.63) is 58.6 Å². The molecule has 2 amide bonds. The van der Waals surface area contributed by atoms with Crippen LogP contribution in [-0.4, -0.2) is 67.6 Å². The van der Waals surface area contributed by atoms with Gasteiger partial charge in [0, 0.05) is 56.0 Å². The number of amides is 2. The van der Waals surface area contributed by atoms with Crippen LogP contribution in [0.1, 0.15) is 33.6 Å². The van der Waals surface area contributed by atoms with Crippen LogP contribution in [0.25, 0.3) is 0 Å². The molecule has 2 aromatic carbocycles. The lowest BCUT2D eigenvalue weighted by molar-refractivity contribution is 0.0713. The van der Waals surface area contributed by atoms with Gasteiger partial charge in [-0.1, -0.05) is 11.6 Å². The van der Waals surface area contributed by atoms with E-state index in [4.69, 9.17) is 11.6 Å². The van der Waals surface area contributed by atoms with Crippen molar-refractivity contribution in [3.63, 3.8) is 0 Å². The van der Waals surface area contributed by atoms with Gasteiger partial charge in [-0.15, -0.1) is 0 Å². The molecule has 0 aliphatic carbocycles. The van der Waals surface area contributed by atoms with Gasteiger partial charge in [0.15, 0.2) is 0 Å². The van der Waals surface area contributed by atoms with Crippen molar-refractivity contribution in [3.8, 4) is 0 Å². The van der Waals surface area contributed by atoms with Crippen molar-refractivity contribution in [2.45, 2.75) is 19.0 Å². The van der Waals surface area contributed by atoms with Crippen molar-refractivity contribution >= 4 is 34.8 Å². The second-order valence-corrected chi connectivity index (χ2v) is 8.66. The molecule has 3 aliphatic heterocycles. The van der Waals surface area contributed by atoms with Gasteiger partial charge in [0.25, 0.3) is 11.8 Å². The highest BCUT2D eigenvalue weighted by Crippen LogP contribution is 2.35. The predicted molar refractivity (Wildman–Crippen MR) is 118 cm³/mol. The molecule has 0 radical (unpaired) electrons. The summed E-state index contributed by atoms with van der Waals surface area (Å²) in [6.45, 7) is 3.72. The van der Waals surface area contributed by atoms with Crippen molar-refractivity contribution in [2.75, 3.05) is 49.6 Å². The summed E-state index contributed by atoms with van der Waals surface area (Å²) in [5, 5.41) is 0.726. The topological polar surface area (TPSA) is 47.1 Å². The molecule has 1 unspecified atom stereocenters. The van der Waals surface area contributed by atoms with E-state index in [1.54, 1.807) is 6.07 Å². The molecule has 0 bridgehead atoms. The highest BCUT2D eigenvalue weighted by molar-refractivity contribution is 6.30. The number of hydrogen-bond donors (Lipinski definition) is 0. The molecule has 0 saturated carbocycles. The zero-order valence-corrected chi connectivity index (χ0v) is 17.8. The van der Waals surface area contributed by atoms with Crippen LogP contribution in [0.2, 0.25) is 5.02 Å². The monoisotopic (exact) mass is 424 g/mol. The first-order valence-electron chi connectivity index (χ1n) is 10.5. The van der Waals surface area contributed by atoms with Crippen LogP contribution in [0, 0.1) is 0 Å². The maximum Gasteiger partial charge on any atom is 0.257 e. The molecule has 3 aliphatic rings. The molecule has 2 fully saturated rings. The highest BCUT2D eigenvalue weighted by atomic mass is 35.5. The summed E-state index contributed by atoms with van der Waals surface area (Å²) in [5.41, 5.74) is 3.34. The molecule has 7 heteroatoms. The van der Waals surface area contributed by atoms with E-state index in [9.17, 15) is 9.59 Å². The zero-order chi connectivity index (χ0) is 20.8. The first-order valence-corrected chi connectivity index (χ1v) is 10.9. The molecule has 3 heterocycles. The standard InChI is InChI=1S/C23H25ClN4O2/c1-25-20-15-16(4-9-19(20)23(30)28-10-2-3-21(25)28)22(29)27-13-11-26(12-14-27)18-7-5-17(24)6-8-18/h4-9,15,21H,2-3,10-14H2,1H3. The number of fused-ring (bicyclic) bond motifs is 2. The highest BCUT2D eigenvalue weighted by Gasteiger charge is 2.39. The van der Waals surface area contributed by atoms with Gasteiger partial charge in [0.2, 0.25) is 0 Å². The van der Waals surface area contributed by atoms with Gasteiger partial charge in [0.1, 0.15) is 6.17 Å². The van der Waals surface area contributed by atoms with Gasteiger partial charge in [-0.3, -0.25) is 9.59 Å². The molecule has 2 aromatic rings. The fraction of sp³-hybridized carbons (Fsp3) is 0.391. The van der Waals surface area contributed by atoms with Crippen LogP contribution in [0.15, 0.2) is 42.5 Å². The van der Waals surface area contributed by atoms with Crippen LogP contribution in [0.3, 0.4) is 0 Å². The molecule has 0 N–H and O–H groups in total. The molecule has 5 rings (SSSR count). The number of hydrogen-bond acceptors (Lipinski definition) is 4. The van der Waals surface area contributed by atoms with Crippen molar-refractivity contribution in [2.24, 2.45) is 0 Å². The molecule has 2 saturated heterocycles. The second kappa shape index (κ2) is 7.51. The van der Waals surface area contributed by atoms with E-state index in [1.807, 2.05) is 53.2 Å². The van der Waals surface area contributed by atoms with Gasteiger partial charge < -0.3 is 19.6 Å². The number of benzene rings is 2. The Morgan fingerprint density at radius 2 is 1.73 bits per heavy atom. The number of rotatable bonds is 2. The van der Waals surface area contributed by atoms with Crippen LogP contribution < -0.4 is 9.80 Å². The Labute approximate surface area is 181 Å². The molecule has 156 valence electrons. The Morgan fingerprint density at radius 3 is 2.47 bits per heavy atom. The van der Waals surface area contributed by atoms with Gasteiger partial charge in [0.05, 0.1) is 11.3 Å². The number of carbonyl (C=O) groups excluding carboxylic acids is 2. The largest absolute Gasteiger partial charge is 0.368 e. The molecule has 30 heavy (non-hydrogen) atoms. The number of piperazine rings is 1. The van der Waals surface area contributed by atoms with Crippen molar-refractivity contribution in [1.82, 2.24) is 9.80 Å². The maximum atomic E-state index is 13.2. The average molecular weight is 425 g/mol. The average Bonchev–Trinajstić information content (AvgIpc) is 3.28. The van der Waals surface area contributed by atoms with E-state index >= 15 is 0 Å². The van der Waals surface area contributed by atoms with Crippen LogP contribution in [0.5, 0.6) is 0 Å². The third-order valence-corrected chi connectivity index (χ3v) is 6.79. The normalized spacial score (nSPS) is 21.0. The number of nitrogens with zero attached hydrogens (tertiary/aromatic N) is 4. The van der Waals surface area contributed by atoms with E-state index in [2.05, 4.69) is 9.80 Å². The van der Waals surface area contributed by atoms with E-state index in [-0.39, 0.29) is 18.0 Å². The summed E-state index contributed by atoms with van der Waals surface area (Å²) in [6.07, 6.45) is 2.11. The third-order valence-electron chi connectivity index (χ3n) is 6.54. The minimum atomic E-state index is 0.0308. The van der Waals surface area contributed by atoms with E-state index in [1.165, 1.54) is 0 Å². The smallest absolute Gasteiger partial charge is 0.257 e. The summed E-state index contributed by atoms with van der Waals surface area (Å²) in [4.78, 5) is 34.2. The van der Waals surface area contributed by atoms with Crippen LogP contribution >= 0.6 is 11.6 Å². The number of halogens is 1. The Balaban J connectivity index is 1.31. The maximum absolute atomic E-state index is 13.2. The predicted octanol–water partition coefficient (Wildman–Crippen LogP) is 3.31. The van der Waals surface area contributed by atoms with Gasteiger partial charge in [-0.25, -0.2) is 0 Å². The minimum Gasteiger partial charge on any atom is -0.368 e. The summed E-state index contributed by atoms with van der Waals surface area (Å²) in [6, 6.07) is 13.3.